The standard InChI is InChI=1S/C13H21N3S/c1-3-17-11-5-4-10(7-11)16-13-6-9(2)12(14)8-15-13/h6,8,10-11H,3-5,7,14H2,1-2H3,(H,15,16). The Morgan fingerprint density at radius 1 is 1.53 bits per heavy atom. The smallest absolute Gasteiger partial charge is 0.126 e. The van der Waals surface area contributed by atoms with Gasteiger partial charge in [-0.15, -0.1) is 0 Å². The first-order valence-electron chi connectivity index (χ1n) is 6.29. The van der Waals surface area contributed by atoms with Crippen molar-refractivity contribution < 1.29 is 0 Å². The Kier molecular flexibility index (Phi) is 4.15. The highest BCUT2D eigenvalue weighted by atomic mass is 32.2. The fraction of sp³-hybridized carbons (Fsp3) is 0.615. The third-order valence-electron chi connectivity index (χ3n) is 3.29. The highest BCUT2D eigenvalue weighted by Crippen LogP contribution is 2.31. The summed E-state index contributed by atoms with van der Waals surface area (Å²) in [6.45, 7) is 4.25. The number of nitrogens with two attached hydrogens (primary N) is 1. The van der Waals surface area contributed by atoms with Gasteiger partial charge in [-0.05, 0) is 43.6 Å². The molecule has 17 heavy (non-hydrogen) atoms. The zero-order valence-corrected chi connectivity index (χ0v) is 11.4. The van der Waals surface area contributed by atoms with Crippen LogP contribution in [0.15, 0.2) is 12.3 Å². The number of aromatic nitrogens is 1. The minimum atomic E-state index is 0.578. The molecule has 1 aromatic rings. The van der Waals surface area contributed by atoms with Gasteiger partial charge in [0.05, 0.1) is 11.9 Å². The molecule has 4 heteroatoms. The van der Waals surface area contributed by atoms with Crippen LogP contribution in [-0.4, -0.2) is 22.0 Å². The van der Waals surface area contributed by atoms with Crippen molar-refractivity contribution in [3.63, 3.8) is 0 Å². The molecule has 1 heterocycles. The molecule has 1 aliphatic carbocycles. The highest BCUT2D eigenvalue weighted by Gasteiger charge is 2.24. The topological polar surface area (TPSA) is 50.9 Å². The van der Waals surface area contributed by atoms with Gasteiger partial charge >= 0.3 is 0 Å². The van der Waals surface area contributed by atoms with Gasteiger partial charge in [0.25, 0.3) is 0 Å². The highest BCUT2D eigenvalue weighted by molar-refractivity contribution is 7.99. The van der Waals surface area contributed by atoms with Gasteiger partial charge in [-0.3, -0.25) is 0 Å². The number of nitrogen functional groups attached to an aromatic ring is 1. The van der Waals surface area contributed by atoms with Gasteiger partial charge < -0.3 is 11.1 Å². The van der Waals surface area contributed by atoms with Crippen LogP contribution in [0.25, 0.3) is 0 Å². The summed E-state index contributed by atoms with van der Waals surface area (Å²) in [6.07, 6.45) is 5.57. The predicted molar refractivity (Wildman–Crippen MR) is 76.6 cm³/mol. The van der Waals surface area contributed by atoms with Crippen molar-refractivity contribution in [2.24, 2.45) is 0 Å². The summed E-state index contributed by atoms with van der Waals surface area (Å²) in [5.74, 6) is 2.18. The summed E-state index contributed by atoms with van der Waals surface area (Å²) in [5, 5.41) is 4.34. The molecule has 0 amide bonds. The predicted octanol–water partition coefficient (Wildman–Crippen LogP) is 3.06. The maximum absolute atomic E-state index is 5.76. The maximum atomic E-state index is 5.76. The summed E-state index contributed by atoms with van der Waals surface area (Å²) >= 11 is 2.08. The Morgan fingerprint density at radius 3 is 3.06 bits per heavy atom. The third-order valence-corrected chi connectivity index (χ3v) is 4.52. The number of pyridine rings is 1. The van der Waals surface area contributed by atoms with E-state index in [1.807, 2.05) is 13.0 Å². The molecule has 0 saturated heterocycles. The van der Waals surface area contributed by atoms with E-state index >= 15 is 0 Å². The zero-order chi connectivity index (χ0) is 12.3. The molecule has 3 N–H and O–H groups in total. The number of hydrogen-bond donors (Lipinski definition) is 2. The monoisotopic (exact) mass is 251 g/mol. The molecule has 0 aromatic carbocycles. The first kappa shape index (κ1) is 12.6. The second-order valence-corrected chi connectivity index (χ2v) is 6.24. The Bertz CT molecular complexity index is 381. The van der Waals surface area contributed by atoms with Crippen LogP contribution < -0.4 is 11.1 Å². The summed E-state index contributed by atoms with van der Waals surface area (Å²) in [6, 6.07) is 2.62. The molecule has 2 atom stereocenters. The molecule has 2 rings (SSSR count). The van der Waals surface area contributed by atoms with E-state index in [4.69, 9.17) is 5.73 Å². The van der Waals surface area contributed by atoms with Gasteiger partial charge in [0.2, 0.25) is 0 Å². The molecular weight excluding hydrogens is 230 g/mol. The van der Waals surface area contributed by atoms with Crippen LogP contribution in [0.5, 0.6) is 0 Å². The summed E-state index contributed by atoms with van der Waals surface area (Å²) in [4.78, 5) is 4.33. The zero-order valence-electron chi connectivity index (χ0n) is 10.6. The van der Waals surface area contributed by atoms with E-state index in [0.717, 1.165) is 22.3 Å². The molecule has 0 bridgehead atoms. The number of rotatable bonds is 4. The Labute approximate surface area is 108 Å². The molecular formula is C13H21N3S. The minimum Gasteiger partial charge on any atom is -0.397 e. The Morgan fingerprint density at radius 2 is 2.35 bits per heavy atom. The van der Waals surface area contributed by atoms with Crippen LogP contribution >= 0.6 is 11.8 Å². The first-order valence-corrected chi connectivity index (χ1v) is 7.34. The number of nitrogens with one attached hydrogen (secondary N) is 1. The molecule has 2 unspecified atom stereocenters. The summed E-state index contributed by atoms with van der Waals surface area (Å²) in [7, 11) is 0. The second-order valence-electron chi connectivity index (χ2n) is 4.66. The largest absolute Gasteiger partial charge is 0.397 e. The van der Waals surface area contributed by atoms with Crippen LogP contribution in [0.3, 0.4) is 0 Å². The average molecular weight is 251 g/mol. The molecule has 1 aromatic heterocycles. The SMILES string of the molecule is CCSC1CCC(Nc2cc(C)c(N)cn2)C1. The fourth-order valence-corrected chi connectivity index (χ4v) is 3.46. The van der Waals surface area contributed by atoms with Crippen LogP contribution in [0.2, 0.25) is 0 Å². The number of anilines is 2. The molecule has 1 aliphatic rings. The normalized spacial score (nSPS) is 23.9. The van der Waals surface area contributed by atoms with Gasteiger partial charge in [-0.25, -0.2) is 4.98 Å². The molecule has 1 fully saturated rings. The summed E-state index contributed by atoms with van der Waals surface area (Å²) < 4.78 is 0. The van der Waals surface area contributed by atoms with E-state index < -0.39 is 0 Å². The lowest BCUT2D eigenvalue weighted by molar-refractivity contribution is 0.752. The lowest BCUT2D eigenvalue weighted by atomic mass is 10.2. The van der Waals surface area contributed by atoms with Crippen molar-refractivity contribution in [2.45, 2.75) is 44.4 Å². The lowest BCUT2D eigenvalue weighted by Crippen LogP contribution is -2.17. The van der Waals surface area contributed by atoms with Crippen LogP contribution in [-0.2, 0) is 0 Å². The Hall–Kier alpha value is -0.900. The fourth-order valence-electron chi connectivity index (χ4n) is 2.31. The minimum absolute atomic E-state index is 0.578. The number of nitrogens with zero attached hydrogens (tertiary/aromatic N) is 1. The molecule has 0 radical (unpaired) electrons. The van der Waals surface area contributed by atoms with Crippen molar-refractivity contribution in [3.05, 3.63) is 17.8 Å². The second kappa shape index (κ2) is 5.63. The molecule has 0 spiro atoms. The number of thioether (sulfide) groups is 1. The van der Waals surface area contributed by atoms with Crippen molar-refractivity contribution >= 4 is 23.3 Å². The third kappa shape index (κ3) is 3.28. The van der Waals surface area contributed by atoms with Crippen molar-refractivity contribution in [1.82, 2.24) is 4.98 Å². The average Bonchev–Trinajstić information content (AvgIpc) is 2.72. The van der Waals surface area contributed by atoms with E-state index in [1.165, 1.54) is 25.0 Å². The first-order chi connectivity index (χ1) is 8.19. The van der Waals surface area contributed by atoms with Gasteiger partial charge in [0.15, 0.2) is 0 Å². The van der Waals surface area contributed by atoms with Crippen molar-refractivity contribution in [3.8, 4) is 0 Å². The maximum Gasteiger partial charge on any atom is 0.126 e. The molecule has 0 aliphatic heterocycles. The van der Waals surface area contributed by atoms with Crippen LogP contribution in [0.1, 0.15) is 31.7 Å². The van der Waals surface area contributed by atoms with Gasteiger partial charge in [-0.1, -0.05) is 6.92 Å². The number of aryl methyl sites for hydroxylation is 1. The molecule has 3 nitrogen and oxygen atoms in total. The van der Waals surface area contributed by atoms with E-state index in [1.54, 1.807) is 6.20 Å². The van der Waals surface area contributed by atoms with E-state index in [9.17, 15) is 0 Å². The number of hydrogen-bond acceptors (Lipinski definition) is 4. The lowest BCUT2D eigenvalue weighted by Gasteiger charge is -2.14. The van der Waals surface area contributed by atoms with E-state index in [-0.39, 0.29) is 0 Å². The van der Waals surface area contributed by atoms with Gasteiger partial charge in [0, 0.05) is 11.3 Å². The summed E-state index contributed by atoms with van der Waals surface area (Å²) in [5.41, 5.74) is 7.63. The quantitative estimate of drug-likeness (QED) is 0.863. The molecule has 94 valence electrons. The van der Waals surface area contributed by atoms with Gasteiger partial charge in [0.1, 0.15) is 5.82 Å². The van der Waals surface area contributed by atoms with Crippen LogP contribution in [0.4, 0.5) is 11.5 Å². The Balaban J connectivity index is 1.91. The van der Waals surface area contributed by atoms with Gasteiger partial charge in [-0.2, -0.15) is 11.8 Å². The van der Waals surface area contributed by atoms with Crippen molar-refractivity contribution in [1.29, 1.82) is 0 Å². The van der Waals surface area contributed by atoms with E-state index in [0.29, 0.717) is 6.04 Å². The van der Waals surface area contributed by atoms with Crippen molar-refractivity contribution in [2.75, 3.05) is 16.8 Å². The molecule has 1 saturated carbocycles. The van der Waals surface area contributed by atoms with Crippen LogP contribution in [0, 0.1) is 6.92 Å². The van der Waals surface area contributed by atoms with E-state index in [2.05, 4.69) is 29.0 Å².